The van der Waals surface area contributed by atoms with Crippen molar-refractivity contribution in [2.45, 2.75) is 57.9 Å². The number of nitrogens with one attached hydrogen (secondary N) is 1. The Kier molecular flexibility index (Phi) is 10.5. The summed E-state index contributed by atoms with van der Waals surface area (Å²) in [4.78, 5) is 14.2. The van der Waals surface area contributed by atoms with E-state index in [9.17, 15) is 4.79 Å². The van der Waals surface area contributed by atoms with Crippen LogP contribution in [-0.2, 0) is 10.2 Å². The van der Waals surface area contributed by atoms with Crippen LogP contribution in [0.2, 0.25) is 0 Å². The summed E-state index contributed by atoms with van der Waals surface area (Å²) in [5.41, 5.74) is 8.28. The molecule has 1 aliphatic heterocycles. The standard InChI is InChI=1S/C19H31N3O.2ClH/c1-19(2,3)15-6-8-17(9-7-15)22-13-10-16(11-14-22)21-18(23)5-4-12-20;;/h6-9,16H,4-5,10-14,20H2,1-3H3,(H,21,23);2*1H. The summed E-state index contributed by atoms with van der Waals surface area (Å²) in [5, 5.41) is 3.13. The van der Waals surface area contributed by atoms with E-state index in [1.54, 1.807) is 0 Å². The van der Waals surface area contributed by atoms with Gasteiger partial charge >= 0.3 is 0 Å². The highest BCUT2D eigenvalue weighted by atomic mass is 35.5. The molecule has 25 heavy (non-hydrogen) atoms. The minimum atomic E-state index is 0. The van der Waals surface area contributed by atoms with Gasteiger partial charge in [-0.3, -0.25) is 4.79 Å². The first-order valence-electron chi connectivity index (χ1n) is 8.75. The first kappa shape index (κ1) is 24.0. The molecule has 1 aliphatic rings. The normalized spacial score (nSPS) is 15.1. The lowest BCUT2D eigenvalue weighted by atomic mass is 9.87. The minimum Gasteiger partial charge on any atom is -0.371 e. The van der Waals surface area contributed by atoms with Crippen molar-refractivity contribution in [2.75, 3.05) is 24.5 Å². The molecule has 0 saturated carbocycles. The molecule has 0 aliphatic carbocycles. The second-order valence-corrected chi connectivity index (χ2v) is 7.52. The van der Waals surface area contributed by atoms with Crippen molar-refractivity contribution >= 4 is 36.4 Å². The van der Waals surface area contributed by atoms with Gasteiger partial charge in [0.25, 0.3) is 0 Å². The number of carbonyl (C=O) groups excluding carboxylic acids is 1. The van der Waals surface area contributed by atoms with E-state index in [4.69, 9.17) is 5.73 Å². The summed E-state index contributed by atoms with van der Waals surface area (Å²) < 4.78 is 0. The number of hydrogen-bond acceptors (Lipinski definition) is 3. The van der Waals surface area contributed by atoms with Crippen molar-refractivity contribution in [1.82, 2.24) is 5.32 Å². The largest absolute Gasteiger partial charge is 0.371 e. The maximum Gasteiger partial charge on any atom is 0.220 e. The Morgan fingerprint density at radius 1 is 1.16 bits per heavy atom. The van der Waals surface area contributed by atoms with Gasteiger partial charge in [0, 0.05) is 31.2 Å². The summed E-state index contributed by atoms with van der Waals surface area (Å²) in [5.74, 6) is 0.142. The molecule has 0 unspecified atom stereocenters. The summed E-state index contributed by atoms with van der Waals surface area (Å²) >= 11 is 0. The van der Waals surface area contributed by atoms with Crippen LogP contribution < -0.4 is 16.0 Å². The van der Waals surface area contributed by atoms with E-state index in [1.807, 2.05) is 0 Å². The van der Waals surface area contributed by atoms with E-state index in [2.05, 4.69) is 55.3 Å². The Morgan fingerprint density at radius 3 is 2.20 bits per heavy atom. The fraction of sp³-hybridized carbons (Fsp3) is 0.632. The van der Waals surface area contributed by atoms with Gasteiger partial charge in [0.2, 0.25) is 5.91 Å². The first-order valence-corrected chi connectivity index (χ1v) is 8.75. The van der Waals surface area contributed by atoms with Crippen molar-refractivity contribution in [2.24, 2.45) is 5.73 Å². The maximum absolute atomic E-state index is 11.8. The lowest BCUT2D eigenvalue weighted by molar-refractivity contribution is -0.122. The molecule has 1 aromatic carbocycles. The van der Waals surface area contributed by atoms with Crippen molar-refractivity contribution in [3.63, 3.8) is 0 Å². The van der Waals surface area contributed by atoms with Crippen LogP contribution in [0, 0.1) is 0 Å². The van der Waals surface area contributed by atoms with Crippen LogP contribution >= 0.6 is 24.8 Å². The molecule has 0 bridgehead atoms. The first-order chi connectivity index (χ1) is 10.9. The number of amides is 1. The monoisotopic (exact) mass is 389 g/mol. The summed E-state index contributed by atoms with van der Waals surface area (Å²) in [6.07, 6.45) is 3.33. The van der Waals surface area contributed by atoms with E-state index < -0.39 is 0 Å². The van der Waals surface area contributed by atoms with Crippen LogP contribution in [0.15, 0.2) is 24.3 Å². The quantitative estimate of drug-likeness (QED) is 0.807. The number of halogens is 2. The molecule has 0 radical (unpaired) electrons. The van der Waals surface area contributed by atoms with Crippen LogP contribution in [0.5, 0.6) is 0 Å². The number of rotatable bonds is 5. The van der Waals surface area contributed by atoms with Gasteiger partial charge in [0.05, 0.1) is 0 Å². The number of carbonyl (C=O) groups is 1. The van der Waals surface area contributed by atoms with Gasteiger partial charge in [-0.05, 0) is 48.9 Å². The molecule has 1 saturated heterocycles. The molecule has 4 nitrogen and oxygen atoms in total. The van der Waals surface area contributed by atoms with Crippen LogP contribution in [-0.4, -0.2) is 31.6 Å². The van der Waals surface area contributed by atoms with E-state index in [0.717, 1.165) is 32.4 Å². The molecule has 1 fully saturated rings. The predicted octanol–water partition coefficient (Wildman–Crippen LogP) is 3.65. The number of anilines is 1. The summed E-state index contributed by atoms with van der Waals surface area (Å²) in [6.45, 7) is 9.28. The zero-order valence-corrected chi connectivity index (χ0v) is 17.2. The van der Waals surface area contributed by atoms with Crippen molar-refractivity contribution in [3.8, 4) is 0 Å². The Morgan fingerprint density at radius 2 is 1.72 bits per heavy atom. The average Bonchev–Trinajstić information content (AvgIpc) is 2.53. The highest BCUT2D eigenvalue weighted by Crippen LogP contribution is 2.26. The van der Waals surface area contributed by atoms with Crippen LogP contribution in [0.3, 0.4) is 0 Å². The van der Waals surface area contributed by atoms with E-state index >= 15 is 0 Å². The van der Waals surface area contributed by atoms with Crippen LogP contribution in [0.25, 0.3) is 0 Å². The molecule has 0 atom stereocenters. The molecule has 6 heteroatoms. The fourth-order valence-electron chi connectivity index (χ4n) is 3.02. The molecule has 2 rings (SSSR count). The zero-order valence-electron chi connectivity index (χ0n) is 15.6. The summed E-state index contributed by atoms with van der Waals surface area (Å²) in [7, 11) is 0. The molecule has 3 N–H and O–H groups in total. The molecule has 0 spiro atoms. The van der Waals surface area contributed by atoms with Crippen LogP contribution in [0.4, 0.5) is 5.69 Å². The Bertz CT molecular complexity index is 506. The second kappa shape index (κ2) is 10.9. The predicted molar refractivity (Wildman–Crippen MR) is 111 cm³/mol. The van der Waals surface area contributed by atoms with Crippen molar-refractivity contribution in [3.05, 3.63) is 29.8 Å². The number of benzene rings is 1. The van der Waals surface area contributed by atoms with Gasteiger partial charge in [0.15, 0.2) is 0 Å². The molecule has 1 aromatic rings. The van der Waals surface area contributed by atoms with E-state index in [1.165, 1.54) is 11.3 Å². The lowest BCUT2D eigenvalue weighted by Crippen LogP contribution is -2.44. The molecular formula is C19H33Cl2N3O. The maximum atomic E-state index is 11.8. The SMILES string of the molecule is CC(C)(C)c1ccc(N2CCC(NC(=O)CCCN)CC2)cc1.Cl.Cl. The van der Waals surface area contributed by atoms with Crippen LogP contribution in [0.1, 0.15) is 52.0 Å². The molecule has 0 aromatic heterocycles. The van der Waals surface area contributed by atoms with Gasteiger partial charge in [-0.2, -0.15) is 0 Å². The third kappa shape index (κ3) is 7.43. The smallest absolute Gasteiger partial charge is 0.220 e. The highest BCUT2D eigenvalue weighted by molar-refractivity contribution is 5.85. The fourth-order valence-corrected chi connectivity index (χ4v) is 3.02. The van der Waals surface area contributed by atoms with Gasteiger partial charge in [-0.15, -0.1) is 24.8 Å². The molecular weight excluding hydrogens is 357 g/mol. The van der Waals surface area contributed by atoms with Gasteiger partial charge < -0.3 is 16.0 Å². The van der Waals surface area contributed by atoms with Gasteiger partial charge in [-0.25, -0.2) is 0 Å². The minimum absolute atomic E-state index is 0. The third-order valence-electron chi connectivity index (χ3n) is 4.57. The number of piperidine rings is 1. The zero-order chi connectivity index (χ0) is 16.9. The molecule has 1 amide bonds. The number of hydrogen-bond donors (Lipinski definition) is 2. The number of nitrogens with two attached hydrogens (primary N) is 1. The Balaban J connectivity index is 0.00000288. The second-order valence-electron chi connectivity index (χ2n) is 7.52. The third-order valence-corrected chi connectivity index (χ3v) is 4.57. The summed E-state index contributed by atoms with van der Waals surface area (Å²) in [6, 6.07) is 9.22. The average molecular weight is 390 g/mol. The van der Waals surface area contributed by atoms with E-state index in [-0.39, 0.29) is 36.1 Å². The topological polar surface area (TPSA) is 58.4 Å². The Labute approximate surface area is 164 Å². The van der Waals surface area contributed by atoms with Crippen molar-refractivity contribution < 1.29 is 4.79 Å². The lowest BCUT2D eigenvalue weighted by Gasteiger charge is -2.34. The van der Waals surface area contributed by atoms with Gasteiger partial charge in [0.1, 0.15) is 0 Å². The highest BCUT2D eigenvalue weighted by Gasteiger charge is 2.21. The molecule has 144 valence electrons. The molecule has 1 heterocycles. The van der Waals surface area contributed by atoms with E-state index in [0.29, 0.717) is 19.0 Å². The van der Waals surface area contributed by atoms with Gasteiger partial charge in [-0.1, -0.05) is 32.9 Å². The number of nitrogens with zero attached hydrogens (tertiary/aromatic N) is 1. The Hall–Kier alpha value is -0.970. The van der Waals surface area contributed by atoms with Crippen molar-refractivity contribution in [1.29, 1.82) is 0 Å².